The third-order valence-electron chi connectivity index (χ3n) is 2.58. The summed E-state index contributed by atoms with van der Waals surface area (Å²) >= 11 is 3.34. The molecule has 0 aromatic carbocycles. The van der Waals surface area contributed by atoms with Crippen molar-refractivity contribution in [1.29, 1.82) is 0 Å². The standard InChI is InChI=1S/C13H13BrFN3O/c1-2-5-18-8-9(14)6-12(18)13(19)17-11-3-4-16-7-10(11)15/h3-4,6-8H,2,5H2,1H3,(H,16,17,19). The molecule has 0 saturated carbocycles. The Morgan fingerprint density at radius 3 is 3.05 bits per heavy atom. The molecule has 2 heterocycles. The van der Waals surface area contributed by atoms with Gasteiger partial charge >= 0.3 is 0 Å². The summed E-state index contributed by atoms with van der Waals surface area (Å²) in [6.07, 6.45) is 5.24. The van der Waals surface area contributed by atoms with Gasteiger partial charge in [-0.15, -0.1) is 0 Å². The van der Waals surface area contributed by atoms with Crippen LogP contribution >= 0.6 is 15.9 Å². The molecular weight excluding hydrogens is 313 g/mol. The highest BCUT2D eigenvalue weighted by Crippen LogP contribution is 2.18. The molecule has 2 rings (SSSR count). The third-order valence-corrected chi connectivity index (χ3v) is 3.01. The minimum absolute atomic E-state index is 0.125. The van der Waals surface area contributed by atoms with Crippen LogP contribution in [0.15, 0.2) is 35.2 Å². The van der Waals surface area contributed by atoms with Crippen molar-refractivity contribution in [2.24, 2.45) is 0 Å². The highest BCUT2D eigenvalue weighted by Gasteiger charge is 2.14. The maximum atomic E-state index is 13.4. The summed E-state index contributed by atoms with van der Waals surface area (Å²) in [5.74, 6) is -0.896. The van der Waals surface area contributed by atoms with Gasteiger partial charge in [0.2, 0.25) is 0 Å². The molecule has 0 aliphatic rings. The second kappa shape index (κ2) is 5.97. The van der Waals surface area contributed by atoms with E-state index in [0.717, 1.165) is 23.6 Å². The maximum absolute atomic E-state index is 13.4. The Hall–Kier alpha value is -1.69. The van der Waals surface area contributed by atoms with Crippen molar-refractivity contribution >= 4 is 27.5 Å². The highest BCUT2D eigenvalue weighted by atomic mass is 79.9. The molecule has 0 atom stereocenters. The van der Waals surface area contributed by atoms with Crippen molar-refractivity contribution in [3.63, 3.8) is 0 Å². The van der Waals surface area contributed by atoms with E-state index in [9.17, 15) is 9.18 Å². The lowest BCUT2D eigenvalue weighted by atomic mass is 10.3. The number of hydrogen-bond acceptors (Lipinski definition) is 2. The number of pyridine rings is 1. The number of carbonyl (C=O) groups is 1. The van der Waals surface area contributed by atoms with Crippen molar-refractivity contribution in [3.05, 3.63) is 46.7 Å². The van der Waals surface area contributed by atoms with Crippen LogP contribution in [0.1, 0.15) is 23.8 Å². The first kappa shape index (κ1) is 13.7. The van der Waals surface area contributed by atoms with E-state index in [1.54, 1.807) is 6.07 Å². The lowest BCUT2D eigenvalue weighted by Crippen LogP contribution is -2.17. The lowest BCUT2D eigenvalue weighted by Gasteiger charge is -2.08. The Kier molecular flexibility index (Phi) is 4.31. The number of anilines is 1. The van der Waals surface area contributed by atoms with E-state index in [0.29, 0.717) is 5.69 Å². The lowest BCUT2D eigenvalue weighted by molar-refractivity contribution is 0.101. The first-order valence-electron chi connectivity index (χ1n) is 5.88. The summed E-state index contributed by atoms with van der Waals surface area (Å²) < 4.78 is 16.1. The topological polar surface area (TPSA) is 46.9 Å². The highest BCUT2D eigenvalue weighted by molar-refractivity contribution is 9.10. The van der Waals surface area contributed by atoms with Gasteiger partial charge in [0.1, 0.15) is 5.69 Å². The van der Waals surface area contributed by atoms with Gasteiger partial charge in [0.25, 0.3) is 5.91 Å². The zero-order valence-corrected chi connectivity index (χ0v) is 11.9. The average Bonchev–Trinajstić information content (AvgIpc) is 2.74. The fourth-order valence-electron chi connectivity index (χ4n) is 1.75. The van der Waals surface area contributed by atoms with Gasteiger partial charge in [-0.2, -0.15) is 0 Å². The number of nitrogens with zero attached hydrogens (tertiary/aromatic N) is 2. The summed E-state index contributed by atoms with van der Waals surface area (Å²) in [6, 6.07) is 3.14. The van der Waals surface area contributed by atoms with E-state index < -0.39 is 5.82 Å². The second-order valence-electron chi connectivity index (χ2n) is 4.05. The van der Waals surface area contributed by atoms with Crippen LogP contribution in [0.25, 0.3) is 0 Å². The molecule has 0 bridgehead atoms. The molecule has 0 unspecified atom stereocenters. The Labute approximate surface area is 118 Å². The van der Waals surface area contributed by atoms with Crippen molar-refractivity contribution in [2.45, 2.75) is 19.9 Å². The summed E-state index contributed by atoms with van der Waals surface area (Å²) in [6.45, 7) is 2.76. The van der Waals surface area contributed by atoms with Gasteiger partial charge in [0.05, 0.1) is 11.9 Å². The SMILES string of the molecule is CCCn1cc(Br)cc1C(=O)Nc1ccncc1F. The fraction of sp³-hybridized carbons (Fsp3) is 0.231. The van der Waals surface area contributed by atoms with Crippen molar-refractivity contribution in [1.82, 2.24) is 9.55 Å². The second-order valence-corrected chi connectivity index (χ2v) is 4.96. The van der Waals surface area contributed by atoms with E-state index in [4.69, 9.17) is 0 Å². The molecule has 2 aromatic rings. The first-order valence-corrected chi connectivity index (χ1v) is 6.67. The number of aryl methyl sites for hydroxylation is 1. The zero-order chi connectivity index (χ0) is 13.8. The quantitative estimate of drug-likeness (QED) is 0.935. The largest absolute Gasteiger partial charge is 0.342 e. The Morgan fingerprint density at radius 2 is 2.37 bits per heavy atom. The van der Waals surface area contributed by atoms with Crippen molar-refractivity contribution in [3.8, 4) is 0 Å². The van der Waals surface area contributed by atoms with E-state index in [1.807, 2.05) is 17.7 Å². The normalized spacial score (nSPS) is 10.5. The summed E-state index contributed by atoms with van der Waals surface area (Å²) in [5, 5.41) is 2.54. The summed E-state index contributed by atoms with van der Waals surface area (Å²) in [4.78, 5) is 15.8. The predicted molar refractivity (Wildman–Crippen MR) is 74.6 cm³/mol. The molecular formula is C13H13BrFN3O. The number of amides is 1. The van der Waals surface area contributed by atoms with Gasteiger partial charge in [-0.1, -0.05) is 6.92 Å². The molecule has 1 amide bonds. The summed E-state index contributed by atoms with van der Waals surface area (Å²) in [5.41, 5.74) is 0.616. The van der Waals surface area contributed by atoms with Crippen LogP contribution in [0.3, 0.4) is 0 Å². The molecule has 19 heavy (non-hydrogen) atoms. The molecule has 6 heteroatoms. The van der Waals surface area contributed by atoms with Gasteiger partial charge in [-0.25, -0.2) is 4.39 Å². The number of nitrogens with one attached hydrogen (secondary N) is 1. The number of carbonyl (C=O) groups excluding carboxylic acids is 1. The molecule has 1 N–H and O–H groups in total. The van der Waals surface area contributed by atoms with Gasteiger partial charge in [-0.3, -0.25) is 9.78 Å². The number of rotatable bonds is 4. The van der Waals surface area contributed by atoms with Gasteiger partial charge in [-0.05, 0) is 34.5 Å². The fourth-order valence-corrected chi connectivity index (χ4v) is 2.22. The molecule has 0 saturated heterocycles. The number of aromatic nitrogens is 2. The van der Waals surface area contributed by atoms with Crippen LogP contribution in [-0.2, 0) is 6.54 Å². The maximum Gasteiger partial charge on any atom is 0.272 e. The molecule has 0 aliphatic carbocycles. The van der Waals surface area contributed by atoms with Crippen LogP contribution < -0.4 is 5.32 Å². The monoisotopic (exact) mass is 325 g/mol. The van der Waals surface area contributed by atoms with Crippen LogP contribution in [0.4, 0.5) is 10.1 Å². The molecule has 0 radical (unpaired) electrons. The number of halogens is 2. The Balaban J connectivity index is 2.23. The average molecular weight is 326 g/mol. The van der Waals surface area contributed by atoms with Crippen molar-refractivity contribution in [2.75, 3.05) is 5.32 Å². The predicted octanol–water partition coefficient (Wildman–Crippen LogP) is 3.45. The van der Waals surface area contributed by atoms with E-state index in [-0.39, 0.29) is 11.6 Å². The number of hydrogen-bond donors (Lipinski definition) is 1. The molecule has 2 aromatic heterocycles. The zero-order valence-electron chi connectivity index (χ0n) is 10.4. The van der Waals surface area contributed by atoms with E-state index in [2.05, 4.69) is 26.2 Å². The third kappa shape index (κ3) is 3.20. The minimum atomic E-state index is -0.552. The molecule has 0 aliphatic heterocycles. The Morgan fingerprint density at radius 1 is 1.58 bits per heavy atom. The van der Waals surface area contributed by atoms with E-state index >= 15 is 0 Å². The molecule has 4 nitrogen and oxygen atoms in total. The van der Waals surface area contributed by atoms with Crippen molar-refractivity contribution < 1.29 is 9.18 Å². The van der Waals surface area contributed by atoms with Crippen LogP contribution in [0.5, 0.6) is 0 Å². The molecule has 100 valence electrons. The van der Waals surface area contributed by atoms with E-state index in [1.165, 1.54) is 12.3 Å². The van der Waals surface area contributed by atoms with Crippen LogP contribution in [-0.4, -0.2) is 15.5 Å². The van der Waals surface area contributed by atoms with Gasteiger partial charge < -0.3 is 9.88 Å². The van der Waals surface area contributed by atoms with Crippen LogP contribution in [0.2, 0.25) is 0 Å². The molecule has 0 fully saturated rings. The Bertz CT molecular complexity index is 597. The first-order chi connectivity index (χ1) is 9.11. The van der Waals surface area contributed by atoms with Gasteiger partial charge in [0, 0.05) is 23.4 Å². The summed E-state index contributed by atoms with van der Waals surface area (Å²) in [7, 11) is 0. The van der Waals surface area contributed by atoms with Crippen LogP contribution in [0, 0.1) is 5.82 Å². The van der Waals surface area contributed by atoms with Gasteiger partial charge in [0.15, 0.2) is 5.82 Å². The minimum Gasteiger partial charge on any atom is -0.342 e. The smallest absolute Gasteiger partial charge is 0.272 e. The molecule has 0 spiro atoms.